The van der Waals surface area contributed by atoms with E-state index in [2.05, 4.69) is 27.0 Å². The number of nitrogens with one attached hydrogen (secondary N) is 1. The van der Waals surface area contributed by atoms with Gasteiger partial charge in [0.2, 0.25) is 5.78 Å². The molecule has 0 amide bonds. The summed E-state index contributed by atoms with van der Waals surface area (Å²) in [5.74, 6) is -0.878. The minimum absolute atomic E-state index is 0.128. The Morgan fingerprint density at radius 2 is 2.11 bits per heavy atom. The van der Waals surface area contributed by atoms with Crippen molar-refractivity contribution in [3.8, 4) is 0 Å². The molecule has 0 saturated heterocycles. The van der Waals surface area contributed by atoms with E-state index in [9.17, 15) is 9.59 Å². The van der Waals surface area contributed by atoms with Crippen molar-refractivity contribution in [1.29, 1.82) is 0 Å². The molecule has 0 saturated carbocycles. The van der Waals surface area contributed by atoms with Gasteiger partial charge < -0.3 is 9.72 Å². The number of aromatic nitrogens is 5. The molecule has 0 bridgehead atoms. The molecule has 0 fully saturated rings. The van der Waals surface area contributed by atoms with Crippen molar-refractivity contribution in [2.75, 3.05) is 6.61 Å². The molecule has 0 spiro atoms. The monoisotopic (exact) mass is 363 g/mol. The second kappa shape index (κ2) is 6.64. The van der Waals surface area contributed by atoms with Crippen LogP contribution < -0.4 is 0 Å². The molecule has 0 atom stereocenters. The van der Waals surface area contributed by atoms with Gasteiger partial charge in [0.15, 0.2) is 6.61 Å². The predicted molar refractivity (Wildman–Crippen MR) is 97.8 cm³/mol. The topological polar surface area (TPSA) is 102 Å². The molecular weight excluding hydrogens is 346 g/mol. The minimum atomic E-state index is -0.762. The van der Waals surface area contributed by atoms with Crippen molar-refractivity contribution in [3.05, 3.63) is 59.3 Å². The van der Waals surface area contributed by atoms with E-state index in [1.54, 1.807) is 18.5 Å². The number of hydrogen-bond acceptors (Lipinski definition) is 6. The van der Waals surface area contributed by atoms with E-state index in [0.717, 1.165) is 28.6 Å². The van der Waals surface area contributed by atoms with Crippen LogP contribution in [0, 0.1) is 6.92 Å². The summed E-state index contributed by atoms with van der Waals surface area (Å²) in [6.45, 7) is 3.49. The summed E-state index contributed by atoms with van der Waals surface area (Å²) in [4.78, 5) is 36.0. The third-order valence-corrected chi connectivity index (χ3v) is 4.43. The van der Waals surface area contributed by atoms with Gasteiger partial charge in [-0.25, -0.2) is 14.3 Å². The first-order chi connectivity index (χ1) is 13.1. The highest BCUT2D eigenvalue weighted by Crippen LogP contribution is 2.22. The zero-order chi connectivity index (χ0) is 19.0. The normalized spacial score (nSPS) is 11.2. The van der Waals surface area contributed by atoms with Gasteiger partial charge >= 0.3 is 5.97 Å². The van der Waals surface area contributed by atoms with E-state index in [1.165, 1.54) is 4.52 Å². The van der Waals surface area contributed by atoms with Crippen LogP contribution in [0.2, 0.25) is 0 Å². The van der Waals surface area contributed by atoms with Crippen molar-refractivity contribution in [3.63, 3.8) is 0 Å². The van der Waals surface area contributed by atoms with Crippen molar-refractivity contribution in [2.24, 2.45) is 0 Å². The molecule has 0 aliphatic heterocycles. The average molecular weight is 363 g/mol. The van der Waals surface area contributed by atoms with Gasteiger partial charge in [0.1, 0.15) is 0 Å². The highest BCUT2D eigenvalue weighted by molar-refractivity contribution is 6.09. The van der Waals surface area contributed by atoms with E-state index >= 15 is 0 Å². The van der Waals surface area contributed by atoms with Crippen molar-refractivity contribution >= 4 is 28.4 Å². The van der Waals surface area contributed by atoms with Gasteiger partial charge in [0.25, 0.3) is 11.6 Å². The molecular formula is C19H17N5O3. The van der Waals surface area contributed by atoms with Crippen LogP contribution in [-0.4, -0.2) is 42.9 Å². The summed E-state index contributed by atoms with van der Waals surface area (Å²) in [7, 11) is 0. The SMILES string of the molecule is CCc1cccc2c(C(=O)COC(=O)c3nc4nccc(C)n4n3)c[nH]c12. The fourth-order valence-corrected chi connectivity index (χ4v) is 3.01. The molecule has 136 valence electrons. The smallest absolute Gasteiger partial charge is 0.378 e. The standard InChI is InChI=1S/C19H17N5O3/c1-3-12-5-4-6-13-14(9-21-16(12)13)15(25)10-27-18(26)17-22-19-20-8-7-11(2)24(19)23-17/h4-9,21H,3,10H2,1-2H3. The van der Waals surface area contributed by atoms with Gasteiger partial charge in [-0.2, -0.15) is 4.98 Å². The summed E-state index contributed by atoms with van der Waals surface area (Å²) < 4.78 is 6.57. The van der Waals surface area contributed by atoms with Crippen LogP contribution in [-0.2, 0) is 11.2 Å². The molecule has 4 rings (SSSR count). The van der Waals surface area contributed by atoms with Crippen LogP contribution >= 0.6 is 0 Å². The van der Waals surface area contributed by atoms with Gasteiger partial charge in [-0.15, -0.1) is 5.10 Å². The Bertz CT molecular complexity index is 1170. The number of aromatic amines is 1. The quantitative estimate of drug-likeness (QED) is 0.432. The number of ketones is 1. The number of benzene rings is 1. The molecule has 0 aliphatic rings. The van der Waals surface area contributed by atoms with E-state index in [-0.39, 0.29) is 18.2 Å². The number of esters is 1. The lowest BCUT2D eigenvalue weighted by molar-refractivity contribution is 0.0463. The molecule has 0 aliphatic carbocycles. The third kappa shape index (κ3) is 2.95. The van der Waals surface area contributed by atoms with Crippen molar-refractivity contribution in [1.82, 2.24) is 24.6 Å². The first-order valence-corrected chi connectivity index (χ1v) is 8.56. The Morgan fingerprint density at radius 3 is 2.89 bits per heavy atom. The van der Waals surface area contributed by atoms with Crippen LogP contribution in [0.25, 0.3) is 16.7 Å². The largest absolute Gasteiger partial charge is 0.451 e. The first-order valence-electron chi connectivity index (χ1n) is 8.56. The lowest BCUT2D eigenvalue weighted by Crippen LogP contribution is -2.15. The number of para-hydroxylation sites is 1. The molecule has 0 radical (unpaired) electrons. The maximum Gasteiger partial charge on any atom is 0.378 e. The second-order valence-electron chi connectivity index (χ2n) is 6.13. The number of aryl methyl sites for hydroxylation is 2. The molecule has 1 aromatic carbocycles. The van der Waals surface area contributed by atoms with E-state index < -0.39 is 5.97 Å². The fourth-order valence-electron chi connectivity index (χ4n) is 3.01. The van der Waals surface area contributed by atoms with E-state index in [0.29, 0.717) is 11.3 Å². The summed E-state index contributed by atoms with van der Waals surface area (Å²) in [5, 5.41) is 4.90. The number of hydrogen-bond donors (Lipinski definition) is 1. The number of rotatable bonds is 5. The third-order valence-electron chi connectivity index (χ3n) is 4.43. The van der Waals surface area contributed by atoms with E-state index in [4.69, 9.17) is 4.74 Å². The molecule has 1 N–H and O–H groups in total. The minimum Gasteiger partial charge on any atom is -0.451 e. The summed E-state index contributed by atoms with van der Waals surface area (Å²) >= 11 is 0. The number of carbonyl (C=O) groups excluding carboxylic acids is 2. The Labute approximate surface area is 154 Å². The first kappa shape index (κ1) is 16.9. The van der Waals surface area contributed by atoms with Crippen LogP contribution in [0.3, 0.4) is 0 Å². The predicted octanol–water partition coefficient (Wildman–Crippen LogP) is 2.52. The molecule has 0 unspecified atom stereocenters. The second-order valence-corrected chi connectivity index (χ2v) is 6.13. The zero-order valence-electron chi connectivity index (χ0n) is 14.9. The highest BCUT2D eigenvalue weighted by atomic mass is 16.5. The number of H-pyrrole nitrogens is 1. The van der Waals surface area contributed by atoms with Gasteiger partial charge in [-0.05, 0) is 25.0 Å². The summed E-state index contributed by atoms with van der Waals surface area (Å²) in [5.41, 5.74) is 3.33. The van der Waals surface area contributed by atoms with Gasteiger partial charge in [-0.3, -0.25) is 4.79 Å². The summed E-state index contributed by atoms with van der Waals surface area (Å²) in [6.07, 6.45) is 4.09. The number of nitrogens with zero attached hydrogens (tertiary/aromatic N) is 4. The molecule has 8 nitrogen and oxygen atoms in total. The number of Topliss-reactive ketones (excluding diaryl/α,β-unsaturated/α-hetero) is 1. The Kier molecular flexibility index (Phi) is 4.15. The molecule has 4 aromatic rings. The number of fused-ring (bicyclic) bond motifs is 2. The lowest BCUT2D eigenvalue weighted by atomic mass is 10.1. The van der Waals surface area contributed by atoms with Crippen LogP contribution in [0.5, 0.6) is 0 Å². The molecule has 27 heavy (non-hydrogen) atoms. The van der Waals surface area contributed by atoms with Gasteiger partial charge in [0, 0.05) is 34.6 Å². The average Bonchev–Trinajstić information content (AvgIpc) is 3.30. The lowest BCUT2D eigenvalue weighted by Gasteiger charge is -2.02. The Morgan fingerprint density at radius 1 is 1.26 bits per heavy atom. The zero-order valence-corrected chi connectivity index (χ0v) is 14.9. The number of carbonyl (C=O) groups is 2. The van der Waals surface area contributed by atoms with Crippen molar-refractivity contribution < 1.29 is 14.3 Å². The molecule has 8 heteroatoms. The maximum atomic E-state index is 12.5. The van der Waals surface area contributed by atoms with Gasteiger partial charge in [0.05, 0.1) is 0 Å². The van der Waals surface area contributed by atoms with Crippen LogP contribution in [0.1, 0.15) is 39.2 Å². The Balaban J connectivity index is 1.52. The van der Waals surface area contributed by atoms with Crippen LogP contribution in [0.15, 0.2) is 36.7 Å². The fraction of sp³-hybridized carbons (Fsp3) is 0.211. The highest BCUT2D eigenvalue weighted by Gasteiger charge is 2.19. The van der Waals surface area contributed by atoms with Gasteiger partial charge in [-0.1, -0.05) is 25.1 Å². The van der Waals surface area contributed by atoms with Crippen molar-refractivity contribution in [2.45, 2.75) is 20.3 Å². The Hall–Kier alpha value is -3.55. The van der Waals surface area contributed by atoms with Crippen LogP contribution in [0.4, 0.5) is 0 Å². The number of ether oxygens (including phenoxy) is 1. The summed E-state index contributed by atoms with van der Waals surface area (Å²) in [6, 6.07) is 7.55. The maximum absolute atomic E-state index is 12.5. The van der Waals surface area contributed by atoms with E-state index in [1.807, 2.05) is 25.1 Å². The molecule has 3 heterocycles. The molecule has 3 aromatic heterocycles.